The van der Waals surface area contributed by atoms with E-state index < -0.39 is 6.10 Å². The quantitative estimate of drug-likeness (QED) is 0.858. The summed E-state index contributed by atoms with van der Waals surface area (Å²) < 4.78 is 10.7. The molecule has 0 radical (unpaired) electrons. The molecular weight excluding hydrogens is 258 g/mol. The molecule has 1 fully saturated rings. The van der Waals surface area contributed by atoms with Gasteiger partial charge in [0.1, 0.15) is 11.3 Å². The van der Waals surface area contributed by atoms with Crippen LogP contribution in [0.5, 0.6) is 0 Å². The van der Waals surface area contributed by atoms with E-state index in [1.807, 2.05) is 19.1 Å². The van der Waals surface area contributed by atoms with Gasteiger partial charge in [0.15, 0.2) is 0 Å². The van der Waals surface area contributed by atoms with Gasteiger partial charge in [-0.1, -0.05) is 0 Å². The molecule has 20 heavy (non-hydrogen) atoms. The van der Waals surface area contributed by atoms with Crippen molar-refractivity contribution < 1.29 is 19.1 Å². The highest BCUT2D eigenvalue weighted by molar-refractivity contribution is 5.97. The number of aryl methyl sites for hydroxylation is 1. The first kappa shape index (κ1) is 13.1. The maximum Gasteiger partial charge on any atom is 0.254 e. The number of amides is 1. The van der Waals surface area contributed by atoms with Gasteiger partial charge in [-0.25, -0.2) is 0 Å². The second kappa shape index (κ2) is 5.26. The first-order valence-electron chi connectivity index (χ1n) is 6.69. The minimum atomic E-state index is -0.624. The highest BCUT2D eigenvalue weighted by atomic mass is 16.5. The number of hydrogen-bond donors (Lipinski definition) is 1. The number of rotatable bonds is 1. The lowest BCUT2D eigenvalue weighted by atomic mass is 10.1. The number of hydrogen-bond acceptors (Lipinski definition) is 4. The van der Waals surface area contributed by atoms with Gasteiger partial charge in [-0.05, 0) is 31.2 Å². The summed E-state index contributed by atoms with van der Waals surface area (Å²) >= 11 is 0. The molecule has 0 bridgehead atoms. The molecule has 0 spiro atoms. The number of benzene rings is 1. The molecule has 0 saturated carbocycles. The van der Waals surface area contributed by atoms with Crippen LogP contribution in [0.1, 0.15) is 16.1 Å². The van der Waals surface area contributed by atoms with Gasteiger partial charge < -0.3 is 19.2 Å². The lowest BCUT2D eigenvalue weighted by Gasteiger charge is -2.21. The van der Waals surface area contributed by atoms with Crippen LogP contribution in [0.2, 0.25) is 0 Å². The van der Waals surface area contributed by atoms with Crippen molar-refractivity contribution in [1.82, 2.24) is 4.90 Å². The fourth-order valence-electron chi connectivity index (χ4n) is 2.47. The van der Waals surface area contributed by atoms with Crippen molar-refractivity contribution >= 4 is 16.9 Å². The Labute approximate surface area is 116 Å². The van der Waals surface area contributed by atoms with Crippen LogP contribution in [0.3, 0.4) is 0 Å². The van der Waals surface area contributed by atoms with Crippen LogP contribution >= 0.6 is 0 Å². The zero-order chi connectivity index (χ0) is 14.1. The van der Waals surface area contributed by atoms with E-state index in [0.29, 0.717) is 25.3 Å². The van der Waals surface area contributed by atoms with Crippen LogP contribution in [0, 0.1) is 6.92 Å². The molecule has 0 aliphatic carbocycles. The minimum Gasteiger partial charge on any atom is -0.461 e. The third-order valence-electron chi connectivity index (χ3n) is 3.42. The summed E-state index contributed by atoms with van der Waals surface area (Å²) in [7, 11) is 0. The third-order valence-corrected chi connectivity index (χ3v) is 3.42. The molecule has 1 atom stereocenters. The minimum absolute atomic E-state index is 0.0877. The van der Waals surface area contributed by atoms with E-state index >= 15 is 0 Å². The number of nitrogens with zero attached hydrogens (tertiary/aromatic N) is 1. The van der Waals surface area contributed by atoms with E-state index in [1.54, 1.807) is 17.0 Å². The number of aliphatic hydroxyl groups excluding tert-OH is 1. The fourth-order valence-corrected chi connectivity index (χ4v) is 2.47. The summed E-state index contributed by atoms with van der Waals surface area (Å²) in [4.78, 5) is 14.1. The van der Waals surface area contributed by atoms with Crippen LogP contribution < -0.4 is 0 Å². The Kier molecular flexibility index (Phi) is 3.46. The summed E-state index contributed by atoms with van der Waals surface area (Å²) in [6, 6.07) is 7.30. The van der Waals surface area contributed by atoms with Crippen LogP contribution in [0.4, 0.5) is 0 Å². The average molecular weight is 275 g/mol. The Hall–Kier alpha value is -1.85. The first-order valence-corrected chi connectivity index (χ1v) is 6.69. The van der Waals surface area contributed by atoms with Gasteiger partial charge in [-0.3, -0.25) is 4.79 Å². The molecule has 1 amide bonds. The zero-order valence-corrected chi connectivity index (χ0v) is 11.3. The number of fused-ring (bicyclic) bond motifs is 1. The molecule has 2 aromatic rings. The largest absolute Gasteiger partial charge is 0.461 e. The first-order chi connectivity index (χ1) is 9.63. The van der Waals surface area contributed by atoms with Crippen molar-refractivity contribution in [2.75, 3.05) is 26.3 Å². The Balaban J connectivity index is 1.87. The predicted molar refractivity (Wildman–Crippen MR) is 73.7 cm³/mol. The van der Waals surface area contributed by atoms with Crippen LogP contribution in [-0.2, 0) is 4.74 Å². The monoisotopic (exact) mass is 275 g/mol. The number of aliphatic hydroxyl groups is 1. The molecule has 1 aromatic heterocycles. The van der Waals surface area contributed by atoms with Crippen molar-refractivity contribution in [2.24, 2.45) is 0 Å². The highest BCUT2D eigenvalue weighted by Crippen LogP contribution is 2.21. The lowest BCUT2D eigenvalue weighted by molar-refractivity contribution is 0.0534. The van der Waals surface area contributed by atoms with Gasteiger partial charge in [-0.2, -0.15) is 0 Å². The Bertz CT molecular complexity index is 634. The normalized spacial score (nSPS) is 20.1. The molecule has 1 aliphatic heterocycles. The molecule has 3 rings (SSSR count). The van der Waals surface area contributed by atoms with E-state index in [-0.39, 0.29) is 12.5 Å². The SMILES string of the molecule is Cc1cc2cc(C(=O)N3CCOC[C@@H](O)C3)ccc2o1. The second-order valence-corrected chi connectivity index (χ2v) is 5.09. The Morgan fingerprint density at radius 3 is 3.10 bits per heavy atom. The molecule has 5 heteroatoms. The maximum atomic E-state index is 12.5. The summed E-state index contributed by atoms with van der Waals surface area (Å²) in [5.74, 6) is 0.735. The highest BCUT2D eigenvalue weighted by Gasteiger charge is 2.22. The van der Waals surface area contributed by atoms with Crippen LogP contribution in [0.15, 0.2) is 28.7 Å². The molecule has 1 aliphatic rings. The Morgan fingerprint density at radius 1 is 1.40 bits per heavy atom. The van der Waals surface area contributed by atoms with Crippen molar-refractivity contribution in [3.8, 4) is 0 Å². The van der Waals surface area contributed by atoms with E-state index in [9.17, 15) is 9.90 Å². The number of carbonyl (C=O) groups is 1. The molecule has 1 saturated heterocycles. The molecular formula is C15H17NO4. The predicted octanol–water partition coefficient (Wildman–Crippen LogP) is 1.57. The molecule has 2 heterocycles. The van der Waals surface area contributed by atoms with Gasteiger partial charge >= 0.3 is 0 Å². The Morgan fingerprint density at radius 2 is 2.25 bits per heavy atom. The van der Waals surface area contributed by atoms with E-state index in [1.165, 1.54) is 0 Å². The number of furan rings is 1. The van der Waals surface area contributed by atoms with Gasteiger partial charge in [0, 0.05) is 24.0 Å². The number of carbonyl (C=O) groups excluding carboxylic acids is 1. The topological polar surface area (TPSA) is 62.9 Å². The fraction of sp³-hybridized carbons (Fsp3) is 0.400. The van der Waals surface area contributed by atoms with Gasteiger partial charge in [-0.15, -0.1) is 0 Å². The smallest absolute Gasteiger partial charge is 0.254 e. The van der Waals surface area contributed by atoms with Crippen molar-refractivity contribution in [3.05, 3.63) is 35.6 Å². The van der Waals surface area contributed by atoms with Crippen LogP contribution in [-0.4, -0.2) is 48.3 Å². The summed E-state index contributed by atoms with van der Waals surface area (Å²) in [5.41, 5.74) is 1.38. The number of β-amino-alcohol motifs (C(OH)–C–C–N with tert-alkyl or cyclic N) is 1. The molecule has 1 aromatic carbocycles. The van der Waals surface area contributed by atoms with Crippen molar-refractivity contribution in [1.29, 1.82) is 0 Å². The molecule has 106 valence electrons. The van der Waals surface area contributed by atoms with Crippen LogP contribution in [0.25, 0.3) is 11.0 Å². The third kappa shape index (κ3) is 2.55. The van der Waals surface area contributed by atoms with Gasteiger partial charge in [0.05, 0.1) is 19.3 Å². The second-order valence-electron chi connectivity index (χ2n) is 5.09. The van der Waals surface area contributed by atoms with E-state index in [2.05, 4.69) is 0 Å². The lowest BCUT2D eigenvalue weighted by Crippen LogP contribution is -2.37. The zero-order valence-electron chi connectivity index (χ0n) is 11.3. The summed E-state index contributed by atoms with van der Waals surface area (Å²) in [6.07, 6.45) is -0.624. The number of ether oxygens (including phenoxy) is 1. The van der Waals surface area contributed by atoms with Gasteiger partial charge in [0.25, 0.3) is 5.91 Å². The molecule has 1 N–H and O–H groups in total. The molecule has 5 nitrogen and oxygen atoms in total. The van der Waals surface area contributed by atoms with E-state index in [4.69, 9.17) is 9.15 Å². The summed E-state index contributed by atoms with van der Waals surface area (Å²) in [5, 5.41) is 10.6. The average Bonchev–Trinajstić information content (AvgIpc) is 2.65. The maximum absolute atomic E-state index is 12.5. The van der Waals surface area contributed by atoms with Crippen molar-refractivity contribution in [2.45, 2.75) is 13.0 Å². The summed E-state index contributed by atoms with van der Waals surface area (Å²) in [6.45, 7) is 3.42. The van der Waals surface area contributed by atoms with E-state index in [0.717, 1.165) is 16.7 Å². The van der Waals surface area contributed by atoms with Crippen molar-refractivity contribution in [3.63, 3.8) is 0 Å². The van der Waals surface area contributed by atoms with Gasteiger partial charge in [0.2, 0.25) is 0 Å². The standard InChI is InChI=1S/C15H17NO4/c1-10-6-12-7-11(2-3-14(12)20-10)15(18)16-4-5-19-9-13(17)8-16/h2-3,6-7,13,17H,4-5,8-9H2,1H3/t13-/m0/s1. The molecule has 0 unspecified atom stereocenters.